The number of aromatic nitrogens is 3. The van der Waals surface area contributed by atoms with Crippen molar-refractivity contribution in [1.29, 1.82) is 0 Å². The lowest BCUT2D eigenvalue weighted by molar-refractivity contribution is -0.141. The maximum Gasteiger partial charge on any atom is 0.227 e. The van der Waals surface area contributed by atoms with Crippen LogP contribution in [0.2, 0.25) is 0 Å². The van der Waals surface area contributed by atoms with E-state index >= 15 is 0 Å². The van der Waals surface area contributed by atoms with Crippen molar-refractivity contribution < 1.29 is 9.59 Å². The molecule has 0 radical (unpaired) electrons. The summed E-state index contributed by atoms with van der Waals surface area (Å²) in [5.41, 5.74) is 1.15. The van der Waals surface area contributed by atoms with E-state index in [1.165, 1.54) is 6.42 Å². The maximum absolute atomic E-state index is 13.9. The number of hydrogen-bond acceptors (Lipinski definition) is 6. The van der Waals surface area contributed by atoms with E-state index in [2.05, 4.69) is 27.4 Å². The van der Waals surface area contributed by atoms with Gasteiger partial charge in [-0.2, -0.15) is 0 Å². The first-order valence-electron chi connectivity index (χ1n) is 12.8. The number of amides is 1. The highest BCUT2D eigenvalue weighted by Crippen LogP contribution is 2.37. The van der Waals surface area contributed by atoms with Crippen molar-refractivity contribution in [1.82, 2.24) is 25.2 Å². The Bertz CT molecular complexity index is 961. The Balaban J connectivity index is 1.53. The zero-order valence-corrected chi connectivity index (χ0v) is 20.4. The molecule has 7 heteroatoms. The number of Topliss-reactive ketones (excluding diaryl/α,β-unsaturated/α-hetero) is 1. The molecule has 4 rings (SSSR count). The van der Waals surface area contributed by atoms with E-state index in [1.54, 1.807) is 13.4 Å². The molecular weight excluding hydrogens is 426 g/mol. The largest absolute Gasteiger partial charge is 0.332 e. The van der Waals surface area contributed by atoms with Gasteiger partial charge in [0.2, 0.25) is 5.91 Å². The van der Waals surface area contributed by atoms with Gasteiger partial charge in [0.25, 0.3) is 0 Å². The number of rotatable bonds is 9. The molecule has 1 saturated carbocycles. The summed E-state index contributed by atoms with van der Waals surface area (Å²) in [5.74, 6) is 1.64. The average Bonchev–Trinajstić information content (AvgIpc) is 3.38. The molecule has 3 atom stereocenters. The van der Waals surface area contributed by atoms with Crippen LogP contribution in [0.25, 0.3) is 0 Å². The fourth-order valence-corrected chi connectivity index (χ4v) is 5.43. The highest BCUT2D eigenvalue weighted by molar-refractivity contribution is 5.90. The van der Waals surface area contributed by atoms with Gasteiger partial charge in [-0.1, -0.05) is 49.6 Å². The molecule has 182 valence electrons. The lowest BCUT2D eigenvalue weighted by atomic mass is 9.76. The summed E-state index contributed by atoms with van der Waals surface area (Å²) in [6.07, 6.45) is 9.86. The highest BCUT2D eigenvalue weighted by atomic mass is 16.2. The van der Waals surface area contributed by atoms with Gasteiger partial charge in [0.15, 0.2) is 5.82 Å². The fraction of sp³-hybridized carbons (Fsp3) is 0.593. The standard InChI is InChI=1S/C27H37N5O2/c1-19(28-2)24(33)17-22(21-12-7-4-8-13-21)27(34)32-15-9-14-23(32)26-30-18-29-25(31-26)16-20-10-5-3-6-11-20/h3,5-6,10-11,18-19,21-23,28H,4,7-9,12-17H2,1-2H3/t19-,22-,23-/m0/s1. The van der Waals surface area contributed by atoms with Crippen LogP contribution in [0.1, 0.15) is 81.5 Å². The number of carbonyl (C=O) groups excluding carboxylic acids is 2. The van der Waals surface area contributed by atoms with Crippen molar-refractivity contribution in [2.75, 3.05) is 13.6 Å². The molecule has 2 fully saturated rings. The molecule has 1 aromatic heterocycles. The van der Waals surface area contributed by atoms with Crippen LogP contribution in [0.15, 0.2) is 36.7 Å². The summed E-state index contributed by atoms with van der Waals surface area (Å²) in [6, 6.07) is 9.76. The fourth-order valence-electron chi connectivity index (χ4n) is 5.43. The monoisotopic (exact) mass is 463 g/mol. The molecule has 1 aromatic carbocycles. The molecule has 0 unspecified atom stereocenters. The molecule has 1 saturated heterocycles. The van der Waals surface area contributed by atoms with E-state index in [-0.39, 0.29) is 35.6 Å². The van der Waals surface area contributed by atoms with Crippen LogP contribution in [0, 0.1) is 11.8 Å². The third kappa shape index (κ3) is 5.87. The van der Waals surface area contributed by atoms with Crippen molar-refractivity contribution in [2.45, 2.75) is 76.8 Å². The molecule has 1 aliphatic heterocycles. The van der Waals surface area contributed by atoms with Gasteiger partial charge >= 0.3 is 0 Å². The van der Waals surface area contributed by atoms with Gasteiger partial charge in [-0.3, -0.25) is 9.59 Å². The van der Waals surface area contributed by atoms with Crippen LogP contribution in [-0.4, -0.2) is 51.2 Å². The number of likely N-dealkylation sites (tertiary alicyclic amines) is 1. The minimum absolute atomic E-state index is 0.107. The van der Waals surface area contributed by atoms with Crippen molar-refractivity contribution in [3.05, 3.63) is 53.9 Å². The Hall–Kier alpha value is -2.67. The van der Waals surface area contributed by atoms with Crippen LogP contribution in [0.5, 0.6) is 0 Å². The number of ketones is 1. The van der Waals surface area contributed by atoms with Gasteiger partial charge in [-0.15, -0.1) is 0 Å². The zero-order chi connectivity index (χ0) is 23.9. The number of hydrogen-bond donors (Lipinski definition) is 1. The van der Waals surface area contributed by atoms with Gasteiger partial charge in [-0.25, -0.2) is 15.0 Å². The van der Waals surface area contributed by atoms with E-state index in [1.807, 2.05) is 30.0 Å². The molecule has 1 aliphatic carbocycles. The molecule has 2 aromatic rings. The topological polar surface area (TPSA) is 88.1 Å². The smallest absolute Gasteiger partial charge is 0.227 e. The average molecular weight is 464 g/mol. The third-order valence-electron chi connectivity index (χ3n) is 7.55. The number of nitrogens with zero attached hydrogens (tertiary/aromatic N) is 4. The summed E-state index contributed by atoms with van der Waals surface area (Å²) in [7, 11) is 1.80. The molecule has 2 aliphatic rings. The van der Waals surface area contributed by atoms with Crippen LogP contribution in [0.4, 0.5) is 0 Å². The molecule has 0 bridgehead atoms. The van der Waals surface area contributed by atoms with Gasteiger partial charge in [0, 0.05) is 25.3 Å². The predicted octanol–water partition coefficient (Wildman–Crippen LogP) is 3.89. The van der Waals surface area contributed by atoms with Crippen LogP contribution in [-0.2, 0) is 16.0 Å². The Morgan fingerprint density at radius 2 is 1.82 bits per heavy atom. The summed E-state index contributed by atoms with van der Waals surface area (Å²) in [4.78, 5) is 42.4. The van der Waals surface area contributed by atoms with Crippen LogP contribution in [0.3, 0.4) is 0 Å². The minimum atomic E-state index is -0.255. The van der Waals surface area contributed by atoms with E-state index in [0.717, 1.165) is 49.9 Å². The van der Waals surface area contributed by atoms with Gasteiger partial charge in [0.1, 0.15) is 17.9 Å². The molecule has 1 N–H and O–H groups in total. The lowest BCUT2D eigenvalue weighted by Crippen LogP contribution is -2.42. The van der Waals surface area contributed by atoms with Gasteiger partial charge < -0.3 is 10.2 Å². The van der Waals surface area contributed by atoms with Crippen LogP contribution >= 0.6 is 0 Å². The number of nitrogens with one attached hydrogen (secondary N) is 1. The second-order valence-electron chi connectivity index (χ2n) is 9.80. The molecule has 0 spiro atoms. The van der Waals surface area contributed by atoms with Gasteiger partial charge in [0.05, 0.1) is 12.1 Å². The van der Waals surface area contributed by atoms with Crippen molar-refractivity contribution >= 4 is 11.7 Å². The Kier molecular flexibility index (Phi) is 8.38. The van der Waals surface area contributed by atoms with E-state index in [9.17, 15) is 9.59 Å². The first kappa shape index (κ1) is 24.5. The lowest BCUT2D eigenvalue weighted by Gasteiger charge is -2.34. The van der Waals surface area contributed by atoms with E-state index < -0.39 is 0 Å². The third-order valence-corrected chi connectivity index (χ3v) is 7.55. The Labute approximate surface area is 202 Å². The molecule has 2 heterocycles. The summed E-state index contributed by atoms with van der Waals surface area (Å²) in [5, 5.41) is 3.04. The summed E-state index contributed by atoms with van der Waals surface area (Å²) in [6.45, 7) is 2.57. The molecular formula is C27H37N5O2. The first-order chi connectivity index (χ1) is 16.6. The van der Waals surface area contributed by atoms with E-state index in [4.69, 9.17) is 4.98 Å². The molecule has 1 amide bonds. The van der Waals surface area contributed by atoms with Crippen molar-refractivity contribution in [3.8, 4) is 0 Å². The van der Waals surface area contributed by atoms with Crippen molar-refractivity contribution in [2.24, 2.45) is 11.8 Å². The molecule has 34 heavy (non-hydrogen) atoms. The SMILES string of the molecule is CN[C@@H](C)C(=O)C[C@H](C(=O)N1CCC[C@H]1c1ncnc(Cc2ccccc2)n1)C1CCCCC1. The Morgan fingerprint density at radius 1 is 1.06 bits per heavy atom. The van der Waals surface area contributed by atoms with Crippen LogP contribution < -0.4 is 5.32 Å². The zero-order valence-electron chi connectivity index (χ0n) is 20.4. The quantitative estimate of drug-likeness (QED) is 0.607. The predicted molar refractivity (Wildman–Crippen MR) is 131 cm³/mol. The van der Waals surface area contributed by atoms with Gasteiger partial charge in [-0.05, 0) is 51.1 Å². The minimum Gasteiger partial charge on any atom is -0.332 e. The number of benzene rings is 1. The van der Waals surface area contributed by atoms with E-state index in [0.29, 0.717) is 25.2 Å². The molecule has 7 nitrogen and oxygen atoms in total. The second kappa shape index (κ2) is 11.6. The van der Waals surface area contributed by atoms with Crippen molar-refractivity contribution in [3.63, 3.8) is 0 Å². The summed E-state index contributed by atoms with van der Waals surface area (Å²) < 4.78 is 0. The number of likely N-dealkylation sites (N-methyl/N-ethyl adjacent to an activating group) is 1. The maximum atomic E-state index is 13.9. The normalized spacial score (nSPS) is 20.8. The second-order valence-corrected chi connectivity index (χ2v) is 9.80. The first-order valence-corrected chi connectivity index (χ1v) is 12.8. The summed E-state index contributed by atoms with van der Waals surface area (Å²) >= 11 is 0. The highest BCUT2D eigenvalue weighted by Gasteiger charge is 2.40. The Morgan fingerprint density at radius 3 is 2.56 bits per heavy atom. The number of carbonyl (C=O) groups is 2.